The van der Waals surface area contributed by atoms with Gasteiger partial charge in [0, 0.05) is 16.0 Å². The van der Waals surface area contributed by atoms with E-state index in [9.17, 15) is 0 Å². The number of ether oxygens (including phenoxy) is 1. The van der Waals surface area contributed by atoms with Gasteiger partial charge in [0.1, 0.15) is 11.5 Å². The second-order valence-electron chi connectivity index (χ2n) is 4.55. The van der Waals surface area contributed by atoms with Crippen molar-refractivity contribution < 1.29 is 4.74 Å². The van der Waals surface area contributed by atoms with Crippen LogP contribution in [0.5, 0.6) is 11.5 Å². The van der Waals surface area contributed by atoms with E-state index < -0.39 is 0 Å². The quantitative estimate of drug-likeness (QED) is 0.785. The highest BCUT2D eigenvalue weighted by molar-refractivity contribution is 9.10. The van der Waals surface area contributed by atoms with Gasteiger partial charge in [0.2, 0.25) is 0 Å². The second-order valence-corrected chi connectivity index (χ2v) is 5.84. The highest BCUT2D eigenvalue weighted by Gasteiger charge is 2.05. The molecular weight excluding hydrogens is 338 g/mol. The van der Waals surface area contributed by atoms with Gasteiger partial charge in [-0.05, 0) is 54.9 Å². The van der Waals surface area contributed by atoms with Gasteiger partial charge in [0.25, 0.3) is 0 Å². The Hall–Kier alpha value is -1.03. The van der Waals surface area contributed by atoms with E-state index in [0.29, 0.717) is 0 Å². The van der Waals surface area contributed by atoms with Crippen LogP contribution in [0.4, 0.5) is 0 Å². The Morgan fingerprint density at radius 2 is 2.00 bits per heavy atom. The van der Waals surface area contributed by atoms with Crippen LogP contribution in [-0.2, 0) is 6.54 Å². The van der Waals surface area contributed by atoms with Crippen LogP contribution in [0.1, 0.15) is 18.1 Å². The van der Waals surface area contributed by atoms with Crippen LogP contribution < -0.4 is 10.1 Å². The summed E-state index contributed by atoms with van der Waals surface area (Å²) in [7, 11) is 0. The van der Waals surface area contributed by atoms with Gasteiger partial charge in [-0.1, -0.05) is 40.5 Å². The first-order chi connectivity index (χ1) is 9.60. The van der Waals surface area contributed by atoms with E-state index >= 15 is 0 Å². The Bertz CT molecular complexity index is 601. The first-order valence-corrected chi connectivity index (χ1v) is 7.70. The van der Waals surface area contributed by atoms with Gasteiger partial charge in [-0.25, -0.2) is 0 Å². The number of aryl methyl sites for hydroxylation is 1. The largest absolute Gasteiger partial charge is 0.457 e. The average Bonchev–Trinajstić information content (AvgIpc) is 2.41. The summed E-state index contributed by atoms with van der Waals surface area (Å²) in [5.74, 6) is 1.63. The van der Waals surface area contributed by atoms with Crippen molar-refractivity contribution in [3.63, 3.8) is 0 Å². The summed E-state index contributed by atoms with van der Waals surface area (Å²) in [4.78, 5) is 0. The average molecular weight is 355 g/mol. The first kappa shape index (κ1) is 15.4. The fourth-order valence-corrected chi connectivity index (χ4v) is 2.57. The highest BCUT2D eigenvalue weighted by Crippen LogP contribution is 2.30. The summed E-state index contributed by atoms with van der Waals surface area (Å²) in [6, 6.07) is 11.6. The topological polar surface area (TPSA) is 21.3 Å². The zero-order chi connectivity index (χ0) is 14.5. The molecule has 0 atom stereocenters. The molecular formula is C16H17BrClNO. The Labute approximate surface area is 133 Å². The highest BCUT2D eigenvalue weighted by atomic mass is 79.9. The molecule has 2 aromatic carbocycles. The molecule has 0 unspecified atom stereocenters. The van der Waals surface area contributed by atoms with Crippen LogP contribution in [0.15, 0.2) is 40.9 Å². The van der Waals surface area contributed by atoms with Crippen molar-refractivity contribution in [1.82, 2.24) is 5.32 Å². The van der Waals surface area contributed by atoms with E-state index in [1.54, 1.807) is 0 Å². The molecule has 0 aliphatic carbocycles. The fourth-order valence-electron chi connectivity index (χ4n) is 1.85. The fraction of sp³-hybridized carbons (Fsp3) is 0.250. The maximum absolute atomic E-state index is 5.94. The number of nitrogens with one attached hydrogen (secondary N) is 1. The van der Waals surface area contributed by atoms with Crippen LogP contribution in [0, 0.1) is 6.92 Å². The zero-order valence-corrected chi connectivity index (χ0v) is 13.9. The van der Waals surface area contributed by atoms with Crippen molar-refractivity contribution in [3.05, 3.63) is 57.0 Å². The molecule has 2 rings (SSSR count). The Kier molecular flexibility index (Phi) is 5.46. The molecule has 0 aliphatic heterocycles. The van der Waals surface area contributed by atoms with E-state index in [4.69, 9.17) is 16.3 Å². The van der Waals surface area contributed by atoms with Crippen molar-refractivity contribution in [1.29, 1.82) is 0 Å². The molecule has 0 heterocycles. The number of benzene rings is 2. The lowest BCUT2D eigenvalue weighted by Gasteiger charge is -2.11. The molecule has 0 aliphatic rings. The van der Waals surface area contributed by atoms with E-state index in [1.165, 1.54) is 5.56 Å². The minimum absolute atomic E-state index is 0.719. The van der Waals surface area contributed by atoms with E-state index in [0.717, 1.165) is 39.6 Å². The van der Waals surface area contributed by atoms with Gasteiger partial charge in [0.15, 0.2) is 0 Å². The van der Waals surface area contributed by atoms with Gasteiger partial charge in [-0.15, -0.1) is 0 Å². The Morgan fingerprint density at radius 3 is 2.65 bits per heavy atom. The van der Waals surface area contributed by atoms with Crippen LogP contribution in [0.2, 0.25) is 5.02 Å². The summed E-state index contributed by atoms with van der Waals surface area (Å²) in [5, 5.41) is 4.02. The maximum Gasteiger partial charge on any atom is 0.130 e. The number of hydrogen-bond acceptors (Lipinski definition) is 2. The van der Waals surface area contributed by atoms with Gasteiger partial charge in [-0.3, -0.25) is 0 Å². The summed E-state index contributed by atoms with van der Waals surface area (Å²) < 4.78 is 6.94. The molecule has 0 radical (unpaired) electrons. The predicted molar refractivity (Wildman–Crippen MR) is 87.8 cm³/mol. The van der Waals surface area contributed by atoms with Crippen LogP contribution in [-0.4, -0.2) is 6.54 Å². The number of hydrogen-bond donors (Lipinski definition) is 1. The van der Waals surface area contributed by atoms with Gasteiger partial charge < -0.3 is 10.1 Å². The lowest BCUT2D eigenvalue weighted by molar-refractivity contribution is 0.478. The molecule has 0 amide bonds. The number of rotatable bonds is 5. The summed E-state index contributed by atoms with van der Waals surface area (Å²) in [5.41, 5.74) is 2.23. The molecule has 0 bridgehead atoms. The standard InChI is InChI=1S/C16H17BrClNO/c1-3-19-10-12-4-6-14(9-15(12)17)20-16-7-5-13(18)8-11(16)2/h4-9,19H,3,10H2,1-2H3. The molecule has 1 N–H and O–H groups in total. The van der Waals surface area contributed by atoms with Crippen LogP contribution in [0.25, 0.3) is 0 Å². The van der Waals surface area contributed by atoms with E-state index in [-0.39, 0.29) is 0 Å². The third-order valence-corrected chi connectivity index (χ3v) is 3.93. The maximum atomic E-state index is 5.94. The summed E-state index contributed by atoms with van der Waals surface area (Å²) in [6.45, 7) is 5.87. The second kappa shape index (κ2) is 7.11. The van der Waals surface area contributed by atoms with Crippen molar-refractivity contribution in [2.24, 2.45) is 0 Å². The predicted octanol–water partition coefficient (Wildman–Crippen LogP) is 5.31. The molecule has 0 aromatic heterocycles. The first-order valence-electron chi connectivity index (χ1n) is 6.53. The normalized spacial score (nSPS) is 10.6. The van der Waals surface area contributed by atoms with Crippen LogP contribution >= 0.6 is 27.5 Å². The molecule has 20 heavy (non-hydrogen) atoms. The van der Waals surface area contributed by atoms with Crippen molar-refractivity contribution in [2.75, 3.05) is 6.54 Å². The van der Waals surface area contributed by atoms with E-state index in [2.05, 4.69) is 34.2 Å². The molecule has 0 fully saturated rings. The molecule has 0 spiro atoms. The molecule has 2 aromatic rings. The third kappa shape index (κ3) is 3.98. The van der Waals surface area contributed by atoms with Gasteiger partial charge in [0.05, 0.1) is 0 Å². The minimum atomic E-state index is 0.719. The lowest BCUT2D eigenvalue weighted by atomic mass is 10.2. The molecule has 4 heteroatoms. The monoisotopic (exact) mass is 353 g/mol. The minimum Gasteiger partial charge on any atom is -0.457 e. The molecule has 106 valence electrons. The third-order valence-electron chi connectivity index (χ3n) is 2.95. The zero-order valence-electron chi connectivity index (χ0n) is 11.5. The molecule has 0 saturated carbocycles. The van der Waals surface area contributed by atoms with Gasteiger partial charge in [-0.2, -0.15) is 0 Å². The van der Waals surface area contributed by atoms with Crippen molar-refractivity contribution in [2.45, 2.75) is 20.4 Å². The van der Waals surface area contributed by atoms with Gasteiger partial charge >= 0.3 is 0 Å². The summed E-state index contributed by atoms with van der Waals surface area (Å²) >= 11 is 9.52. The van der Waals surface area contributed by atoms with Crippen LogP contribution in [0.3, 0.4) is 0 Å². The lowest BCUT2D eigenvalue weighted by Crippen LogP contribution is -2.11. The Morgan fingerprint density at radius 1 is 1.20 bits per heavy atom. The Balaban J connectivity index is 2.15. The molecule has 2 nitrogen and oxygen atoms in total. The number of halogens is 2. The smallest absolute Gasteiger partial charge is 0.130 e. The van der Waals surface area contributed by atoms with E-state index in [1.807, 2.05) is 37.3 Å². The van der Waals surface area contributed by atoms with Crippen molar-refractivity contribution in [3.8, 4) is 11.5 Å². The summed E-state index contributed by atoms with van der Waals surface area (Å²) in [6.07, 6.45) is 0. The van der Waals surface area contributed by atoms with Crippen molar-refractivity contribution >= 4 is 27.5 Å². The molecule has 0 saturated heterocycles. The SMILES string of the molecule is CCNCc1ccc(Oc2ccc(Cl)cc2C)cc1Br.